The van der Waals surface area contributed by atoms with Crippen LogP contribution >= 0.6 is 0 Å². The Hall–Kier alpha value is -3.49. The van der Waals surface area contributed by atoms with Crippen molar-refractivity contribution in [3.8, 4) is 17.3 Å². The molecule has 1 fully saturated rings. The first kappa shape index (κ1) is 24.2. The molecule has 1 saturated heterocycles. The Labute approximate surface area is 211 Å². The molecule has 0 bridgehead atoms. The molecule has 3 aromatic heterocycles. The molecule has 1 amide bonds. The average Bonchev–Trinajstić information content (AvgIpc) is 3.25. The van der Waals surface area contributed by atoms with E-state index in [9.17, 15) is 9.18 Å². The van der Waals surface area contributed by atoms with Crippen LogP contribution in [0.5, 0.6) is 5.88 Å². The molecular formula is C25H29B2FN6O2. The second-order valence-electron chi connectivity index (χ2n) is 9.99. The Morgan fingerprint density at radius 3 is 2.67 bits per heavy atom. The topological polar surface area (TPSA) is 93.1 Å². The maximum absolute atomic E-state index is 14.4. The number of likely N-dealkylation sites (tertiary alicyclic amines) is 1. The van der Waals surface area contributed by atoms with Crippen molar-refractivity contribution in [1.29, 1.82) is 0 Å². The van der Waals surface area contributed by atoms with Gasteiger partial charge in [0.15, 0.2) is 21.5 Å². The highest BCUT2D eigenvalue weighted by Crippen LogP contribution is 2.38. The predicted molar refractivity (Wildman–Crippen MR) is 141 cm³/mol. The minimum absolute atomic E-state index is 0.0990. The van der Waals surface area contributed by atoms with Crippen molar-refractivity contribution in [2.75, 3.05) is 25.5 Å². The van der Waals surface area contributed by atoms with Gasteiger partial charge in [-0.1, -0.05) is 0 Å². The smallest absolute Gasteiger partial charge is 0.230 e. The molecule has 2 aliphatic rings. The predicted octanol–water partition coefficient (Wildman–Crippen LogP) is 0.0394. The number of anilines is 1. The molecule has 1 N–H and O–H groups in total. The summed E-state index contributed by atoms with van der Waals surface area (Å²) < 4.78 is 19.6. The van der Waals surface area contributed by atoms with Gasteiger partial charge < -0.3 is 15.0 Å². The van der Waals surface area contributed by atoms with Crippen molar-refractivity contribution >= 4 is 38.6 Å². The molecule has 11 heteroatoms. The van der Waals surface area contributed by atoms with Crippen molar-refractivity contribution in [1.82, 2.24) is 24.8 Å². The van der Waals surface area contributed by atoms with Gasteiger partial charge in [0.1, 0.15) is 11.6 Å². The summed E-state index contributed by atoms with van der Waals surface area (Å²) in [6.45, 7) is 4.88. The third kappa shape index (κ3) is 4.42. The molecule has 0 saturated carbocycles. The SMILES string of the molecule is Bc1cc(B)nc(-c2cc3c(nc2C)N[C@@]2(CC3)CCN(C(=O)[C@H](C)c3cc(OC)ncc3F)C2)n1. The summed E-state index contributed by atoms with van der Waals surface area (Å²) in [5, 5.41) is 3.66. The molecule has 1 spiro atoms. The molecule has 0 radical (unpaired) electrons. The van der Waals surface area contributed by atoms with Gasteiger partial charge in [-0.05, 0) is 62.0 Å². The minimum atomic E-state index is -0.631. The number of halogens is 1. The summed E-state index contributed by atoms with van der Waals surface area (Å²) in [5.41, 5.74) is 4.87. The first-order valence-electron chi connectivity index (χ1n) is 12.3. The number of carbonyl (C=O) groups is 1. The van der Waals surface area contributed by atoms with Crippen LogP contribution in [-0.2, 0) is 11.2 Å². The highest BCUT2D eigenvalue weighted by atomic mass is 19.1. The fourth-order valence-corrected chi connectivity index (χ4v) is 5.36. The highest BCUT2D eigenvalue weighted by Gasteiger charge is 2.43. The van der Waals surface area contributed by atoms with Gasteiger partial charge in [-0.25, -0.2) is 24.3 Å². The molecule has 184 valence electrons. The van der Waals surface area contributed by atoms with Crippen LogP contribution < -0.4 is 21.2 Å². The normalized spacial score (nSPS) is 19.6. The molecule has 36 heavy (non-hydrogen) atoms. The van der Waals surface area contributed by atoms with Gasteiger partial charge in [0.2, 0.25) is 11.8 Å². The first-order valence-corrected chi connectivity index (χ1v) is 12.3. The lowest BCUT2D eigenvalue weighted by Crippen LogP contribution is -2.46. The molecule has 5 rings (SSSR count). The number of hydrogen-bond donors (Lipinski definition) is 1. The van der Waals surface area contributed by atoms with E-state index in [4.69, 9.17) is 9.72 Å². The second-order valence-corrected chi connectivity index (χ2v) is 9.99. The zero-order chi connectivity index (χ0) is 25.6. The lowest BCUT2D eigenvalue weighted by Gasteiger charge is -2.36. The molecule has 8 nitrogen and oxygen atoms in total. The second kappa shape index (κ2) is 9.18. The van der Waals surface area contributed by atoms with Gasteiger partial charge >= 0.3 is 0 Å². The van der Waals surface area contributed by atoms with Gasteiger partial charge in [0, 0.05) is 30.3 Å². The van der Waals surface area contributed by atoms with E-state index in [-0.39, 0.29) is 11.4 Å². The molecule has 0 aliphatic carbocycles. The molecule has 5 heterocycles. The molecule has 2 aliphatic heterocycles. The number of fused-ring (bicyclic) bond motifs is 1. The molecular weight excluding hydrogens is 457 g/mol. The average molecular weight is 486 g/mol. The van der Waals surface area contributed by atoms with Crippen molar-refractivity contribution in [2.45, 2.75) is 44.6 Å². The van der Waals surface area contributed by atoms with E-state index in [1.165, 1.54) is 13.2 Å². The fourth-order valence-electron chi connectivity index (χ4n) is 5.36. The van der Waals surface area contributed by atoms with Crippen LogP contribution in [0.3, 0.4) is 0 Å². The van der Waals surface area contributed by atoms with Gasteiger partial charge in [0.05, 0.1) is 30.5 Å². The number of aromatic nitrogens is 4. The van der Waals surface area contributed by atoms with Gasteiger partial charge in [0.25, 0.3) is 0 Å². The fraction of sp³-hybridized carbons (Fsp3) is 0.400. The van der Waals surface area contributed by atoms with Crippen LogP contribution in [0.15, 0.2) is 24.4 Å². The van der Waals surface area contributed by atoms with Crippen LogP contribution in [-0.4, -0.2) is 72.2 Å². The minimum Gasteiger partial charge on any atom is -0.481 e. The molecule has 2 atom stereocenters. The summed E-state index contributed by atoms with van der Waals surface area (Å²) >= 11 is 0. The van der Waals surface area contributed by atoms with E-state index in [0.29, 0.717) is 30.4 Å². The van der Waals surface area contributed by atoms with Crippen molar-refractivity contribution < 1.29 is 13.9 Å². The third-order valence-corrected chi connectivity index (χ3v) is 7.34. The first-order chi connectivity index (χ1) is 17.2. The largest absolute Gasteiger partial charge is 0.481 e. The van der Waals surface area contributed by atoms with Crippen LogP contribution in [0, 0.1) is 12.7 Å². The maximum Gasteiger partial charge on any atom is 0.230 e. The van der Waals surface area contributed by atoms with E-state index in [1.54, 1.807) is 6.92 Å². The number of ether oxygens (including phenoxy) is 1. The number of carbonyl (C=O) groups excluding carboxylic acids is 1. The molecule has 3 aromatic rings. The number of methoxy groups -OCH3 is 1. The number of amides is 1. The van der Waals surface area contributed by atoms with E-state index < -0.39 is 11.7 Å². The summed E-state index contributed by atoms with van der Waals surface area (Å²) in [6.07, 6.45) is 3.65. The van der Waals surface area contributed by atoms with Crippen LogP contribution in [0.2, 0.25) is 0 Å². The number of aryl methyl sites for hydroxylation is 2. The van der Waals surface area contributed by atoms with E-state index in [2.05, 4.69) is 26.3 Å². The zero-order valence-corrected chi connectivity index (χ0v) is 21.4. The monoisotopic (exact) mass is 486 g/mol. The van der Waals surface area contributed by atoms with Crippen LogP contribution in [0.1, 0.15) is 42.5 Å². The Bertz CT molecular complexity index is 1340. The number of hydrogen-bond acceptors (Lipinski definition) is 7. The van der Waals surface area contributed by atoms with Crippen LogP contribution in [0.4, 0.5) is 10.2 Å². The lowest BCUT2D eigenvalue weighted by molar-refractivity contribution is -0.131. The van der Waals surface area contributed by atoms with E-state index >= 15 is 0 Å². The Kier molecular flexibility index (Phi) is 6.18. The van der Waals surface area contributed by atoms with Gasteiger partial charge in [-0.2, -0.15) is 0 Å². The number of pyridine rings is 2. The summed E-state index contributed by atoms with van der Waals surface area (Å²) in [7, 11) is 5.41. The van der Waals surface area contributed by atoms with Gasteiger partial charge in [-0.3, -0.25) is 4.79 Å². The van der Waals surface area contributed by atoms with Crippen molar-refractivity contribution in [3.63, 3.8) is 0 Å². The van der Waals surface area contributed by atoms with E-state index in [1.807, 2.05) is 33.6 Å². The Morgan fingerprint density at radius 2 is 1.94 bits per heavy atom. The third-order valence-electron chi connectivity index (χ3n) is 7.34. The summed E-state index contributed by atoms with van der Waals surface area (Å²) in [6, 6.07) is 5.61. The summed E-state index contributed by atoms with van der Waals surface area (Å²) in [4.78, 5) is 33.2. The number of nitrogens with one attached hydrogen (secondary N) is 1. The Morgan fingerprint density at radius 1 is 1.19 bits per heavy atom. The zero-order valence-electron chi connectivity index (χ0n) is 21.4. The quantitative estimate of drug-likeness (QED) is 0.521. The number of nitrogens with zero attached hydrogens (tertiary/aromatic N) is 5. The Balaban J connectivity index is 1.34. The van der Waals surface area contributed by atoms with E-state index in [0.717, 1.165) is 59.3 Å². The van der Waals surface area contributed by atoms with Crippen molar-refractivity contribution in [2.24, 2.45) is 0 Å². The standard InChI is InChI=1S/C25H29B2FN6O2/c1-13(16-9-21(36-3)29-11-18(16)28)24(35)34-7-6-25(12-34)5-4-15-8-17(14(2)30-22(15)33-25)23-31-19(26)10-20(27)32-23/h8-11,13H,4-7,12,26-27H2,1-3H3,(H,30,33)/t13-,25+/m1/s1. The van der Waals surface area contributed by atoms with Crippen LogP contribution in [0.25, 0.3) is 11.4 Å². The number of rotatable bonds is 4. The maximum atomic E-state index is 14.4. The lowest BCUT2D eigenvalue weighted by atomic mass is 9.86. The molecule has 0 unspecified atom stereocenters. The molecule has 0 aromatic carbocycles. The van der Waals surface area contributed by atoms with Crippen molar-refractivity contribution in [3.05, 3.63) is 47.0 Å². The van der Waals surface area contributed by atoms with Gasteiger partial charge in [-0.15, -0.1) is 0 Å². The summed E-state index contributed by atoms with van der Waals surface area (Å²) in [5.74, 6) is 0.623. The highest BCUT2D eigenvalue weighted by molar-refractivity contribution is 6.36.